The van der Waals surface area contributed by atoms with Crippen LogP contribution in [0.4, 0.5) is 0 Å². The number of carbonyl (C=O) groups excluding carboxylic acids is 1. The number of amides is 1. The van der Waals surface area contributed by atoms with Gasteiger partial charge < -0.3 is 4.74 Å². The minimum atomic E-state index is -0.0377. The van der Waals surface area contributed by atoms with Crippen molar-refractivity contribution in [2.24, 2.45) is 5.84 Å². The fraction of sp³-hybridized carbons (Fsp3) is 0.364. The van der Waals surface area contributed by atoms with Gasteiger partial charge in [-0.05, 0) is 12.1 Å². The maximum Gasteiger partial charge on any atom is 0.364 e. The van der Waals surface area contributed by atoms with Gasteiger partial charge in [0.15, 0.2) is 0 Å². The molecule has 1 amide bonds. The number of morpholine rings is 1. The van der Waals surface area contributed by atoms with E-state index >= 15 is 0 Å². The van der Waals surface area contributed by atoms with E-state index in [0.717, 1.165) is 0 Å². The Morgan fingerprint density at radius 2 is 1.80 bits per heavy atom. The van der Waals surface area contributed by atoms with E-state index in [9.17, 15) is 4.79 Å². The Hall–Kier alpha value is -1.23. The van der Waals surface area contributed by atoms with Crippen molar-refractivity contribution >= 4 is 5.91 Å². The quantitative estimate of drug-likeness (QED) is 0.415. The van der Waals surface area contributed by atoms with Crippen molar-refractivity contribution < 1.29 is 14.1 Å². The highest BCUT2D eigenvalue weighted by Crippen LogP contribution is 2.11. The lowest BCUT2D eigenvalue weighted by atomic mass is 10.2. The molecule has 0 aromatic heterocycles. The van der Waals surface area contributed by atoms with Gasteiger partial charge in [-0.3, -0.25) is 0 Å². The van der Waals surface area contributed by atoms with Crippen molar-refractivity contribution in [3.63, 3.8) is 0 Å². The third-order valence-corrected chi connectivity index (χ3v) is 2.69. The van der Waals surface area contributed by atoms with Crippen molar-refractivity contribution in [1.29, 1.82) is 0 Å². The van der Waals surface area contributed by atoms with Crippen LogP contribution in [-0.4, -0.2) is 36.8 Å². The van der Waals surface area contributed by atoms with E-state index in [-0.39, 0.29) is 10.5 Å². The predicted molar refractivity (Wildman–Crippen MR) is 55.8 cm³/mol. The SMILES string of the molecule is N[N+]1(C(=O)c2ccccc2)CCOCC1. The van der Waals surface area contributed by atoms with E-state index in [0.29, 0.717) is 31.9 Å². The van der Waals surface area contributed by atoms with Crippen molar-refractivity contribution in [2.75, 3.05) is 26.3 Å². The number of carbonyl (C=O) groups is 1. The first-order valence-electron chi connectivity index (χ1n) is 5.06. The third-order valence-electron chi connectivity index (χ3n) is 2.69. The van der Waals surface area contributed by atoms with Crippen molar-refractivity contribution in [3.05, 3.63) is 35.9 Å². The smallest absolute Gasteiger partial charge is 0.364 e. The maximum atomic E-state index is 12.1. The Labute approximate surface area is 88.8 Å². The van der Waals surface area contributed by atoms with Crippen LogP contribution in [0.1, 0.15) is 10.4 Å². The summed E-state index contributed by atoms with van der Waals surface area (Å²) in [6, 6.07) is 9.17. The molecule has 1 aliphatic rings. The van der Waals surface area contributed by atoms with Crippen LogP contribution in [0, 0.1) is 0 Å². The summed E-state index contributed by atoms with van der Waals surface area (Å²) >= 11 is 0. The molecule has 1 fully saturated rings. The average molecular weight is 207 g/mol. The maximum absolute atomic E-state index is 12.1. The summed E-state index contributed by atoms with van der Waals surface area (Å²) in [5, 5.41) is 0. The molecule has 1 saturated heterocycles. The van der Waals surface area contributed by atoms with E-state index < -0.39 is 0 Å². The van der Waals surface area contributed by atoms with Crippen LogP contribution in [-0.2, 0) is 4.74 Å². The van der Waals surface area contributed by atoms with Gasteiger partial charge in [0.1, 0.15) is 13.1 Å². The summed E-state index contributed by atoms with van der Waals surface area (Å²) < 4.78 is 5.17. The highest BCUT2D eigenvalue weighted by atomic mass is 16.5. The summed E-state index contributed by atoms with van der Waals surface area (Å²) in [5.74, 6) is 6.01. The molecule has 1 heterocycles. The van der Waals surface area contributed by atoms with Crippen molar-refractivity contribution in [2.45, 2.75) is 0 Å². The monoisotopic (exact) mass is 207 g/mol. The van der Waals surface area contributed by atoms with Gasteiger partial charge >= 0.3 is 5.91 Å². The molecule has 0 spiro atoms. The molecule has 4 nitrogen and oxygen atoms in total. The van der Waals surface area contributed by atoms with Gasteiger partial charge in [0.05, 0.1) is 18.8 Å². The van der Waals surface area contributed by atoms with Crippen LogP contribution in [0.15, 0.2) is 30.3 Å². The van der Waals surface area contributed by atoms with Gasteiger partial charge in [-0.15, -0.1) is 0 Å². The number of nitrogens with two attached hydrogens (primary N) is 1. The summed E-state index contributed by atoms with van der Waals surface area (Å²) in [6.07, 6.45) is 0. The molecule has 1 aromatic rings. The predicted octanol–water partition coefficient (Wildman–Crippen LogP) is 0.547. The molecule has 2 rings (SSSR count). The molecule has 1 aromatic carbocycles. The van der Waals surface area contributed by atoms with Crippen molar-refractivity contribution in [1.82, 2.24) is 0 Å². The Kier molecular flexibility index (Phi) is 2.81. The van der Waals surface area contributed by atoms with Crippen LogP contribution >= 0.6 is 0 Å². The number of rotatable bonds is 1. The van der Waals surface area contributed by atoms with Gasteiger partial charge in [0.2, 0.25) is 0 Å². The molecule has 0 bridgehead atoms. The van der Waals surface area contributed by atoms with Gasteiger partial charge in [0, 0.05) is 0 Å². The molecule has 80 valence electrons. The van der Waals surface area contributed by atoms with Gasteiger partial charge in [0.25, 0.3) is 0 Å². The van der Waals surface area contributed by atoms with Gasteiger partial charge in [-0.25, -0.2) is 4.79 Å². The Morgan fingerprint density at radius 1 is 1.20 bits per heavy atom. The zero-order chi connectivity index (χ0) is 10.7. The second-order valence-electron chi connectivity index (χ2n) is 3.76. The molecule has 0 saturated carbocycles. The second kappa shape index (κ2) is 4.10. The van der Waals surface area contributed by atoms with Crippen LogP contribution in [0.5, 0.6) is 0 Å². The van der Waals surface area contributed by atoms with Crippen LogP contribution < -0.4 is 5.84 Å². The Morgan fingerprint density at radius 3 is 2.40 bits per heavy atom. The highest BCUT2D eigenvalue weighted by Gasteiger charge is 2.36. The molecule has 0 radical (unpaired) electrons. The first-order chi connectivity index (χ1) is 7.22. The standard InChI is InChI=1S/C11H15N2O2/c12-13(6-8-15-9-7-13)11(14)10-4-2-1-3-5-10/h1-5H,6-9,12H2/q+1. The summed E-state index contributed by atoms with van der Waals surface area (Å²) in [7, 11) is 0. The Balaban J connectivity index is 2.20. The van der Waals surface area contributed by atoms with E-state index in [4.69, 9.17) is 10.6 Å². The van der Waals surface area contributed by atoms with Gasteiger partial charge in [-0.1, -0.05) is 18.2 Å². The zero-order valence-electron chi connectivity index (χ0n) is 8.56. The zero-order valence-corrected chi connectivity index (χ0v) is 8.56. The number of ether oxygens (including phenoxy) is 1. The molecular weight excluding hydrogens is 192 g/mol. The molecular formula is C11H15N2O2+. The van der Waals surface area contributed by atoms with Crippen LogP contribution in [0.3, 0.4) is 0 Å². The largest absolute Gasteiger partial charge is 0.370 e. The summed E-state index contributed by atoms with van der Waals surface area (Å²) in [6.45, 7) is 2.20. The first-order valence-corrected chi connectivity index (χ1v) is 5.06. The lowest BCUT2D eigenvalue weighted by Gasteiger charge is -2.33. The molecule has 0 unspecified atom stereocenters. The van der Waals surface area contributed by atoms with Gasteiger partial charge in [-0.2, -0.15) is 10.4 Å². The number of nitrogens with zero attached hydrogens (tertiary/aromatic N) is 1. The fourth-order valence-electron chi connectivity index (χ4n) is 1.71. The second-order valence-corrected chi connectivity index (χ2v) is 3.76. The molecule has 1 aliphatic heterocycles. The molecule has 2 N–H and O–H groups in total. The molecule has 15 heavy (non-hydrogen) atoms. The van der Waals surface area contributed by atoms with Crippen LogP contribution in [0.2, 0.25) is 0 Å². The Bertz CT molecular complexity index is 345. The first kappa shape index (κ1) is 10.3. The molecule has 0 aliphatic carbocycles. The van der Waals surface area contributed by atoms with Crippen molar-refractivity contribution in [3.8, 4) is 0 Å². The van der Waals surface area contributed by atoms with E-state index in [1.54, 1.807) is 12.1 Å². The average Bonchev–Trinajstić information content (AvgIpc) is 2.30. The minimum absolute atomic E-state index is 0.0288. The molecule has 0 atom stereocenters. The summed E-state index contributed by atoms with van der Waals surface area (Å²) in [5.41, 5.74) is 0.668. The number of benzene rings is 1. The summed E-state index contributed by atoms with van der Waals surface area (Å²) in [4.78, 5) is 12.1. The normalized spacial score (nSPS) is 19.8. The lowest BCUT2D eigenvalue weighted by Crippen LogP contribution is -2.63. The van der Waals surface area contributed by atoms with Crippen LogP contribution in [0.25, 0.3) is 0 Å². The number of hydrogen-bond donors (Lipinski definition) is 1. The number of hydrogen-bond acceptors (Lipinski definition) is 3. The fourth-order valence-corrected chi connectivity index (χ4v) is 1.71. The minimum Gasteiger partial charge on any atom is -0.370 e. The highest BCUT2D eigenvalue weighted by molar-refractivity contribution is 5.88. The lowest BCUT2D eigenvalue weighted by molar-refractivity contribution is -0.869. The molecule has 4 heteroatoms. The topological polar surface area (TPSA) is 52.3 Å². The number of quaternary nitrogens is 1. The van der Waals surface area contributed by atoms with E-state index in [2.05, 4.69) is 0 Å². The third kappa shape index (κ3) is 2.07. The van der Waals surface area contributed by atoms with E-state index in [1.807, 2.05) is 18.2 Å². The van der Waals surface area contributed by atoms with E-state index in [1.165, 1.54) is 0 Å².